The molecular formula is C23H30F6N2O4SSi. The summed E-state index contributed by atoms with van der Waals surface area (Å²) in [4.78, 5) is -0.464. The van der Waals surface area contributed by atoms with E-state index in [1.54, 1.807) is 0 Å². The second-order valence-corrected chi connectivity index (χ2v) is 18.1. The van der Waals surface area contributed by atoms with Gasteiger partial charge in [-0.25, -0.2) is 13.1 Å². The average molecular weight is 573 g/mol. The molecule has 1 aromatic heterocycles. The molecule has 1 fully saturated rings. The summed E-state index contributed by atoms with van der Waals surface area (Å²) in [6, 6.07) is 5.57. The Morgan fingerprint density at radius 1 is 1.14 bits per heavy atom. The van der Waals surface area contributed by atoms with Crippen LogP contribution in [0.5, 0.6) is 0 Å². The molecule has 1 aliphatic heterocycles. The zero-order chi connectivity index (χ0) is 27.6. The van der Waals surface area contributed by atoms with Crippen LogP contribution >= 0.6 is 0 Å². The summed E-state index contributed by atoms with van der Waals surface area (Å²) in [7, 11) is -5.59. The highest BCUT2D eigenvalue weighted by Crippen LogP contribution is 2.37. The number of rotatable bonds is 9. The van der Waals surface area contributed by atoms with Crippen molar-refractivity contribution >= 4 is 17.9 Å². The van der Waals surface area contributed by atoms with E-state index >= 15 is 0 Å². The highest BCUT2D eigenvalue weighted by molar-refractivity contribution is 7.92. The molecule has 208 valence electrons. The monoisotopic (exact) mass is 572 g/mol. The molecule has 3 rings (SSSR count). The van der Waals surface area contributed by atoms with E-state index in [4.69, 9.17) is 9.47 Å². The molecule has 2 atom stereocenters. The van der Waals surface area contributed by atoms with Gasteiger partial charge in [-0.3, -0.25) is 0 Å². The summed E-state index contributed by atoms with van der Waals surface area (Å²) < 4.78 is 117. The lowest BCUT2D eigenvalue weighted by Crippen LogP contribution is -2.32. The molecule has 6 nitrogen and oxygen atoms in total. The number of benzene rings is 1. The second kappa shape index (κ2) is 11.1. The largest absolute Gasteiger partial charge is 0.416 e. The summed E-state index contributed by atoms with van der Waals surface area (Å²) in [6.07, 6.45) is -11.5. The number of sulfone groups is 1. The lowest BCUT2D eigenvalue weighted by atomic mass is 10.1. The fourth-order valence-corrected chi connectivity index (χ4v) is 6.50. The van der Waals surface area contributed by atoms with Crippen LogP contribution in [0.15, 0.2) is 35.2 Å². The van der Waals surface area contributed by atoms with Crippen molar-refractivity contribution in [3.63, 3.8) is 0 Å². The van der Waals surface area contributed by atoms with Gasteiger partial charge in [0.2, 0.25) is 0 Å². The van der Waals surface area contributed by atoms with Crippen LogP contribution in [0.3, 0.4) is 0 Å². The van der Waals surface area contributed by atoms with Gasteiger partial charge in [-0.1, -0.05) is 25.7 Å². The molecule has 1 saturated heterocycles. The van der Waals surface area contributed by atoms with Gasteiger partial charge in [0.1, 0.15) is 12.8 Å². The van der Waals surface area contributed by atoms with Crippen molar-refractivity contribution in [1.82, 2.24) is 9.78 Å². The minimum absolute atomic E-state index is 0.0331. The number of hydrogen-bond acceptors (Lipinski definition) is 5. The van der Waals surface area contributed by atoms with Crippen molar-refractivity contribution < 1.29 is 44.2 Å². The molecule has 1 aliphatic rings. The van der Waals surface area contributed by atoms with E-state index in [2.05, 4.69) is 24.7 Å². The van der Waals surface area contributed by atoms with Gasteiger partial charge in [-0.05, 0) is 43.2 Å². The highest BCUT2D eigenvalue weighted by Gasteiger charge is 2.38. The Morgan fingerprint density at radius 3 is 2.46 bits per heavy atom. The summed E-state index contributed by atoms with van der Waals surface area (Å²) in [5.74, 6) is 0. The number of halogens is 6. The van der Waals surface area contributed by atoms with Crippen molar-refractivity contribution in [3.8, 4) is 0 Å². The molecule has 2 unspecified atom stereocenters. The van der Waals surface area contributed by atoms with Crippen LogP contribution in [-0.2, 0) is 38.6 Å². The lowest BCUT2D eigenvalue weighted by Gasteiger charge is -2.30. The maximum atomic E-state index is 13.2. The molecule has 1 aromatic carbocycles. The topological polar surface area (TPSA) is 70.4 Å². The van der Waals surface area contributed by atoms with Gasteiger partial charge in [0.15, 0.2) is 9.84 Å². The van der Waals surface area contributed by atoms with E-state index in [1.165, 1.54) is 10.7 Å². The van der Waals surface area contributed by atoms with Crippen molar-refractivity contribution in [2.75, 3.05) is 13.2 Å². The third kappa shape index (κ3) is 8.29. The Morgan fingerprint density at radius 2 is 1.84 bits per heavy atom. The minimum atomic E-state index is -4.71. The lowest BCUT2D eigenvalue weighted by molar-refractivity contribution is -0.137. The highest BCUT2D eigenvalue weighted by atomic mass is 32.2. The van der Waals surface area contributed by atoms with Crippen molar-refractivity contribution in [2.45, 2.75) is 80.3 Å². The third-order valence-corrected chi connectivity index (χ3v) is 9.87. The first-order chi connectivity index (χ1) is 17.0. The van der Waals surface area contributed by atoms with E-state index in [1.807, 2.05) is 0 Å². The Labute approximate surface area is 212 Å². The smallest absolute Gasteiger partial charge is 0.372 e. The first kappa shape index (κ1) is 29.6. The van der Waals surface area contributed by atoms with E-state index in [9.17, 15) is 34.8 Å². The zero-order valence-corrected chi connectivity index (χ0v) is 22.5. The van der Waals surface area contributed by atoms with E-state index in [0.29, 0.717) is 12.7 Å². The molecule has 2 aromatic rings. The molecule has 0 N–H and O–H groups in total. The summed E-state index contributed by atoms with van der Waals surface area (Å²) in [5, 5.41) is 2.93. The fourth-order valence-electron chi connectivity index (χ4n) is 3.97. The maximum Gasteiger partial charge on any atom is 0.416 e. The Kier molecular flexibility index (Phi) is 8.87. The maximum absolute atomic E-state index is 13.2. The number of ether oxygens (including phenoxy) is 2. The molecule has 0 saturated carbocycles. The van der Waals surface area contributed by atoms with Gasteiger partial charge in [0, 0.05) is 21.3 Å². The van der Waals surface area contributed by atoms with Crippen molar-refractivity contribution in [2.24, 2.45) is 0 Å². The SMILES string of the molecule is C[Si](C)(C)CCOCn1nc(CC(F)(F)F)cc1C1CC(S(=O)(=O)c2cccc(C(F)(F)F)c2)CCO1. The second-order valence-electron chi connectivity index (χ2n) is 10.3. The molecule has 0 bridgehead atoms. The van der Waals surface area contributed by atoms with Gasteiger partial charge >= 0.3 is 12.4 Å². The summed E-state index contributed by atoms with van der Waals surface area (Å²) in [5.41, 5.74) is -1.11. The minimum Gasteiger partial charge on any atom is -0.372 e. The molecule has 0 amide bonds. The Hall–Kier alpha value is -1.90. The molecule has 2 heterocycles. The fraction of sp³-hybridized carbons (Fsp3) is 0.609. The number of nitrogens with zero attached hydrogens (tertiary/aromatic N) is 2. The van der Waals surface area contributed by atoms with E-state index in [0.717, 1.165) is 24.2 Å². The summed E-state index contributed by atoms with van der Waals surface area (Å²) >= 11 is 0. The van der Waals surface area contributed by atoms with E-state index in [-0.39, 0.29) is 37.6 Å². The molecule has 14 heteroatoms. The Bertz CT molecular complexity index is 1180. The van der Waals surface area contributed by atoms with Gasteiger partial charge in [-0.15, -0.1) is 0 Å². The number of alkyl halides is 6. The van der Waals surface area contributed by atoms with Crippen LogP contribution < -0.4 is 0 Å². The van der Waals surface area contributed by atoms with Crippen molar-refractivity contribution in [3.05, 3.63) is 47.3 Å². The third-order valence-electron chi connectivity index (χ3n) is 5.95. The zero-order valence-electron chi connectivity index (χ0n) is 20.7. The van der Waals surface area contributed by atoms with Crippen LogP contribution in [0.2, 0.25) is 25.7 Å². The molecule has 0 spiro atoms. The van der Waals surface area contributed by atoms with Crippen LogP contribution in [0.4, 0.5) is 26.3 Å². The number of hydrogen-bond donors (Lipinski definition) is 0. The van der Waals surface area contributed by atoms with Crippen molar-refractivity contribution in [1.29, 1.82) is 0 Å². The molecule has 0 radical (unpaired) electrons. The first-order valence-corrected chi connectivity index (χ1v) is 16.9. The van der Waals surface area contributed by atoms with Gasteiger partial charge in [0.25, 0.3) is 0 Å². The predicted molar refractivity (Wildman–Crippen MR) is 126 cm³/mol. The van der Waals surface area contributed by atoms with Gasteiger partial charge in [-0.2, -0.15) is 31.4 Å². The van der Waals surface area contributed by atoms with Gasteiger partial charge in [0.05, 0.1) is 33.5 Å². The van der Waals surface area contributed by atoms with E-state index < -0.39 is 58.5 Å². The average Bonchev–Trinajstić information content (AvgIpc) is 3.16. The van der Waals surface area contributed by atoms with Crippen LogP contribution in [0.25, 0.3) is 0 Å². The summed E-state index contributed by atoms with van der Waals surface area (Å²) in [6.45, 7) is 6.67. The molecule has 0 aliphatic carbocycles. The standard InChI is InChI=1S/C23H30F6N2O4SSi/c1-37(2,3)10-9-34-15-31-20(12-17(30-31)14-22(24,25)26)21-13-19(7-8-35-21)36(32,33)18-6-4-5-16(11-18)23(27,28)29/h4-6,11-12,19,21H,7-10,13-15H2,1-3H3. The molecular weight excluding hydrogens is 542 g/mol. The normalized spacial score (nSPS) is 19.8. The quantitative estimate of drug-likeness (QED) is 0.209. The molecule has 37 heavy (non-hydrogen) atoms. The van der Waals surface area contributed by atoms with Gasteiger partial charge < -0.3 is 9.47 Å². The van der Waals surface area contributed by atoms with Crippen LogP contribution in [0, 0.1) is 0 Å². The number of aromatic nitrogens is 2. The first-order valence-electron chi connectivity index (χ1n) is 11.7. The predicted octanol–water partition coefficient (Wildman–Crippen LogP) is 6.01. The van der Waals surface area contributed by atoms with Crippen LogP contribution in [0.1, 0.15) is 35.9 Å². The van der Waals surface area contributed by atoms with Crippen LogP contribution in [-0.4, -0.2) is 50.9 Å². The Balaban J connectivity index is 1.84.